The van der Waals surface area contributed by atoms with Gasteiger partial charge in [0, 0.05) is 19.9 Å². The van der Waals surface area contributed by atoms with E-state index in [1.807, 2.05) is 0 Å². The van der Waals surface area contributed by atoms with Gasteiger partial charge in [-0.15, -0.1) is 0 Å². The number of nitrogens with one attached hydrogen (secondary N) is 2. The number of rotatable bonds is 10. The molecule has 218 valence electrons. The average molecular weight is 559 g/mol. The van der Waals surface area contributed by atoms with Crippen LogP contribution in [-0.4, -0.2) is 64.1 Å². The van der Waals surface area contributed by atoms with Crippen molar-refractivity contribution in [2.24, 2.45) is 5.73 Å². The van der Waals surface area contributed by atoms with Crippen LogP contribution in [0.2, 0.25) is 0 Å². The number of carbonyl (C=O) groups excluding carboxylic acids is 4. The van der Waals surface area contributed by atoms with E-state index in [0.717, 1.165) is 4.90 Å². The summed E-state index contributed by atoms with van der Waals surface area (Å²) in [7, 11) is 1.40. The second-order valence-electron chi connectivity index (χ2n) is 11.2. The molecule has 2 aromatic rings. The number of nitrogens with zero attached hydrogens (tertiary/aromatic N) is 1. The molecule has 0 bridgehead atoms. The van der Waals surface area contributed by atoms with Crippen LogP contribution >= 0.6 is 0 Å². The third-order valence-electron chi connectivity index (χ3n) is 6.42. The number of nitrogens with two attached hydrogens (primary N) is 1. The summed E-state index contributed by atoms with van der Waals surface area (Å²) in [4.78, 5) is 52.9. The summed E-state index contributed by atoms with van der Waals surface area (Å²) in [5, 5.41) is 14.9. The first-order chi connectivity index (χ1) is 18.4. The third kappa shape index (κ3) is 8.96. The molecule has 10 nitrogen and oxygen atoms in total. The zero-order chi connectivity index (χ0) is 30.4. The number of phenols is 1. The van der Waals surface area contributed by atoms with Crippen molar-refractivity contribution in [3.8, 4) is 5.75 Å². The second-order valence-corrected chi connectivity index (χ2v) is 11.2. The molecule has 0 aliphatic carbocycles. The topological polar surface area (TPSA) is 151 Å². The summed E-state index contributed by atoms with van der Waals surface area (Å²) in [5.74, 6) is -2.39. The molecule has 4 amide bonds. The highest BCUT2D eigenvalue weighted by Gasteiger charge is 2.40. The van der Waals surface area contributed by atoms with E-state index in [1.54, 1.807) is 39.8 Å². The first-order valence-corrected chi connectivity index (χ1v) is 12.8. The number of aromatic hydroxyl groups is 1. The van der Waals surface area contributed by atoms with Crippen LogP contribution < -0.4 is 16.4 Å². The number of hydrogen-bond donors (Lipinski definition) is 4. The van der Waals surface area contributed by atoms with Crippen molar-refractivity contribution in [2.75, 3.05) is 7.05 Å². The molecule has 2 aromatic carbocycles. The van der Waals surface area contributed by atoms with Crippen molar-refractivity contribution in [3.05, 3.63) is 65.0 Å². The quantitative estimate of drug-likeness (QED) is 0.352. The number of phenolic OH excluding ortho intramolecular Hbond substituents is 1. The lowest BCUT2D eigenvalue weighted by molar-refractivity contribution is -0.146. The maximum absolute atomic E-state index is 13.6. The van der Waals surface area contributed by atoms with E-state index in [2.05, 4.69) is 10.6 Å². The summed E-state index contributed by atoms with van der Waals surface area (Å²) in [6, 6.07) is 8.02. The lowest BCUT2D eigenvalue weighted by Gasteiger charge is -2.37. The van der Waals surface area contributed by atoms with Crippen molar-refractivity contribution in [1.82, 2.24) is 15.5 Å². The predicted molar refractivity (Wildman–Crippen MR) is 148 cm³/mol. The van der Waals surface area contributed by atoms with Crippen molar-refractivity contribution < 1.29 is 33.4 Å². The Morgan fingerprint density at radius 1 is 0.950 bits per heavy atom. The van der Waals surface area contributed by atoms with Gasteiger partial charge in [0.25, 0.3) is 0 Å². The van der Waals surface area contributed by atoms with Crippen molar-refractivity contribution >= 4 is 23.8 Å². The molecule has 0 saturated carbocycles. The van der Waals surface area contributed by atoms with Gasteiger partial charge in [-0.05, 0) is 76.4 Å². The predicted octanol–water partition coefficient (Wildman–Crippen LogP) is 2.73. The molecule has 0 radical (unpaired) electrons. The number of likely N-dealkylation sites (N-methyl/N-ethyl adjacent to an activating group) is 1. The lowest BCUT2D eigenvalue weighted by atomic mass is 9.97. The van der Waals surface area contributed by atoms with Gasteiger partial charge in [-0.3, -0.25) is 14.4 Å². The first kappa shape index (κ1) is 32.1. The zero-order valence-electron chi connectivity index (χ0n) is 24.0. The number of alkyl carbamates (subject to hydrolysis) is 1. The smallest absolute Gasteiger partial charge is 0.408 e. The summed E-state index contributed by atoms with van der Waals surface area (Å²) in [6.07, 6.45) is -0.755. The van der Waals surface area contributed by atoms with Crippen molar-refractivity contribution in [1.29, 1.82) is 0 Å². The fourth-order valence-corrected chi connectivity index (χ4v) is 3.81. The van der Waals surface area contributed by atoms with Gasteiger partial charge in [0.2, 0.25) is 17.7 Å². The molecule has 0 aliphatic rings. The largest absolute Gasteiger partial charge is 0.508 e. The van der Waals surface area contributed by atoms with Crippen molar-refractivity contribution in [3.63, 3.8) is 0 Å². The van der Waals surface area contributed by atoms with Crippen LogP contribution in [0.5, 0.6) is 5.75 Å². The maximum Gasteiger partial charge on any atom is 0.408 e. The standard InChI is InChI=1S/C29H39FN4O6/c1-17-14-19(10-13-23(17)35)16-21(24(31)36)32-26(38)29(5,6)34(7)25(37)22(33-27(39)40-28(2,3)4)15-18-8-11-20(30)12-9-18/h8-14,21-22,35H,15-16H2,1-7H3,(H2,31,36)(H,32,38)(H,33,39)/t21-,22-/m0/s1. The van der Waals surface area contributed by atoms with Gasteiger partial charge in [-0.25, -0.2) is 9.18 Å². The Bertz CT molecular complexity index is 1240. The molecule has 0 heterocycles. The Balaban J connectivity index is 2.25. The van der Waals surface area contributed by atoms with Crippen LogP contribution in [0.4, 0.5) is 9.18 Å². The van der Waals surface area contributed by atoms with Crippen molar-refractivity contribution in [2.45, 2.75) is 77.6 Å². The van der Waals surface area contributed by atoms with Crippen LogP contribution in [0.3, 0.4) is 0 Å². The molecular formula is C29H39FN4O6. The summed E-state index contributed by atoms with van der Waals surface area (Å²) < 4.78 is 18.7. The van der Waals surface area contributed by atoms with E-state index in [9.17, 15) is 28.7 Å². The van der Waals surface area contributed by atoms with Gasteiger partial charge >= 0.3 is 6.09 Å². The summed E-state index contributed by atoms with van der Waals surface area (Å²) >= 11 is 0. The number of halogens is 1. The Hall–Kier alpha value is -4.15. The van der Waals surface area contributed by atoms with Crippen LogP contribution in [-0.2, 0) is 32.0 Å². The highest BCUT2D eigenvalue weighted by molar-refractivity contribution is 5.95. The fourth-order valence-electron chi connectivity index (χ4n) is 3.81. The average Bonchev–Trinajstić information content (AvgIpc) is 2.84. The molecule has 0 spiro atoms. The number of amides is 4. The number of hydrogen-bond acceptors (Lipinski definition) is 6. The van der Waals surface area contributed by atoms with Crippen LogP contribution in [0.1, 0.15) is 51.3 Å². The molecule has 0 saturated heterocycles. The molecule has 0 unspecified atom stereocenters. The number of aryl methyl sites for hydroxylation is 1. The zero-order valence-corrected chi connectivity index (χ0v) is 24.0. The van der Waals surface area contributed by atoms with E-state index in [0.29, 0.717) is 16.7 Å². The van der Waals surface area contributed by atoms with Gasteiger partial charge in [0.15, 0.2) is 0 Å². The molecule has 2 rings (SSSR count). The molecular weight excluding hydrogens is 519 g/mol. The monoisotopic (exact) mass is 558 g/mol. The fraction of sp³-hybridized carbons (Fsp3) is 0.448. The Morgan fingerprint density at radius 2 is 1.50 bits per heavy atom. The molecule has 0 aliphatic heterocycles. The second kappa shape index (κ2) is 12.8. The minimum Gasteiger partial charge on any atom is -0.508 e. The van der Waals surface area contributed by atoms with E-state index >= 15 is 0 Å². The van der Waals surface area contributed by atoms with E-state index in [4.69, 9.17) is 10.5 Å². The van der Waals surface area contributed by atoms with Crippen LogP contribution in [0, 0.1) is 12.7 Å². The molecule has 0 aromatic heterocycles. The normalized spacial score (nSPS) is 13.1. The van der Waals surface area contributed by atoms with Gasteiger partial charge in [-0.1, -0.05) is 24.3 Å². The Kier molecular flexibility index (Phi) is 10.3. The summed E-state index contributed by atoms with van der Waals surface area (Å²) in [5.41, 5.74) is 5.10. The highest BCUT2D eigenvalue weighted by Crippen LogP contribution is 2.20. The lowest BCUT2D eigenvalue weighted by Crippen LogP contribution is -2.62. The Morgan fingerprint density at radius 3 is 2.02 bits per heavy atom. The minimum absolute atomic E-state index is 0.00447. The first-order valence-electron chi connectivity index (χ1n) is 12.8. The van der Waals surface area contributed by atoms with Crippen LogP contribution in [0.25, 0.3) is 0 Å². The molecule has 11 heteroatoms. The number of primary amides is 1. The number of carbonyl (C=O) groups is 4. The number of ether oxygens (including phenoxy) is 1. The van der Waals surface area contributed by atoms with Gasteiger partial charge in [-0.2, -0.15) is 0 Å². The molecule has 40 heavy (non-hydrogen) atoms. The SMILES string of the molecule is Cc1cc(C[C@H](NC(=O)C(C)(C)N(C)C(=O)[C@H](Cc2ccc(F)cc2)NC(=O)OC(C)(C)C)C(N)=O)ccc1O. The van der Waals surface area contributed by atoms with E-state index in [-0.39, 0.29) is 18.6 Å². The van der Waals surface area contributed by atoms with Gasteiger partial charge in [0.05, 0.1) is 0 Å². The molecule has 5 N–H and O–H groups in total. The maximum atomic E-state index is 13.6. The highest BCUT2D eigenvalue weighted by atomic mass is 19.1. The Labute approximate surface area is 234 Å². The molecule has 0 fully saturated rings. The van der Waals surface area contributed by atoms with E-state index in [1.165, 1.54) is 51.2 Å². The van der Waals surface area contributed by atoms with Crippen LogP contribution in [0.15, 0.2) is 42.5 Å². The number of benzene rings is 2. The third-order valence-corrected chi connectivity index (χ3v) is 6.42. The van der Waals surface area contributed by atoms with Gasteiger partial charge < -0.3 is 31.1 Å². The minimum atomic E-state index is -1.48. The van der Waals surface area contributed by atoms with E-state index < -0.39 is 52.9 Å². The summed E-state index contributed by atoms with van der Waals surface area (Å²) in [6.45, 7) is 9.72. The van der Waals surface area contributed by atoms with Gasteiger partial charge in [0.1, 0.15) is 34.8 Å². The molecule has 2 atom stereocenters.